The molecule has 0 unspecified atom stereocenters. The van der Waals surface area contributed by atoms with Gasteiger partial charge < -0.3 is 11.1 Å². The molecule has 1 amide bonds. The number of carbonyl (C=O) groups is 1. The standard InChI is InChI=1S/C14H19BrN2O/c1-10-5-6-11(15)12(9-10)17-13(18)14(16)7-3-2-4-8-14/h5-6,9H,2-4,7-8,16H2,1H3,(H,17,18). The first-order valence-electron chi connectivity index (χ1n) is 6.38. The van der Waals surface area contributed by atoms with E-state index < -0.39 is 5.54 Å². The summed E-state index contributed by atoms with van der Waals surface area (Å²) in [6, 6.07) is 5.89. The Balaban J connectivity index is 2.13. The van der Waals surface area contributed by atoms with Crippen LogP contribution in [0.25, 0.3) is 0 Å². The first kappa shape index (κ1) is 13.6. The smallest absolute Gasteiger partial charge is 0.244 e. The van der Waals surface area contributed by atoms with E-state index in [9.17, 15) is 4.79 Å². The summed E-state index contributed by atoms with van der Waals surface area (Å²) in [7, 11) is 0. The normalized spacial score (nSPS) is 18.4. The van der Waals surface area contributed by atoms with Crippen LogP contribution in [0, 0.1) is 6.92 Å². The van der Waals surface area contributed by atoms with E-state index >= 15 is 0 Å². The lowest BCUT2D eigenvalue weighted by Gasteiger charge is -2.32. The Morgan fingerprint density at radius 3 is 2.67 bits per heavy atom. The van der Waals surface area contributed by atoms with Gasteiger partial charge in [0.1, 0.15) is 0 Å². The summed E-state index contributed by atoms with van der Waals surface area (Å²) < 4.78 is 0.890. The number of anilines is 1. The fourth-order valence-electron chi connectivity index (χ4n) is 2.39. The van der Waals surface area contributed by atoms with Gasteiger partial charge in [0.25, 0.3) is 0 Å². The molecular weight excluding hydrogens is 292 g/mol. The molecule has 0 radical (unpaired) electrons. The van der Waals surface area contributed by atoms with Crippen LogP contribution in [-0.2, 0) is 4.79 Å². The van der Waals surface area contributed by atoms with Crippen molar-refractivity contribution in [2.24, 2.45) is 5.73 Å². The molecule has 0 bridgehead atoms. The third-order valence-electron chi connectivity index (χ3n) is 3.57. The third kappa shape index (κ3) is 2.93. The number of rotatable bonds is 2. The van der Waals surface area contributed by atoms with Crippen LogP contribution in [0.4, 0.5) is 5.69 Å². The van der Waals surface area contributed by atoms with Crippen LogP contribution < -0.4 is 11.1 Å². The molecule has 0 spiro atoms. The topological polar surface area (TPSA) is 55.1 Å². The molecule has 98 valence electrons. The van der Waals surface area contributed by atoms with Gasteiger partial charge in [0, 0.05) is 4.47 Å². The zero-order valence-corrected chi connectivity index (χ0v) is 12.2. The second kappa shape index (κ2) is 5.41. The van der Waals surface area contributed by atoms with Crippen LogP contribution in [0.2, 0.25) is 0 Å². The highest BCUT2D eigenvalue weighted by Crippen LogP contribution is 2.29. The number of nitrogens with one attached hydrogen (secondary N) is 1. The third-order valence-corrected chi connectivity index (χ3v) is 4.26. The molecule has 3 nitrogen and oxygen atoms in total. The second-order valence-electron chi connectivity index (χ2n) is 5.15. The van der Waals surface area contributed by atoms with Crippen molar-refractivity contribution < 1.29 is 4.79 Å². The van der Waals surface area contributed by atoms with Crippen LogP contribution >= 0.6 is 15.9 Å². The van der Waals surface area contributed by atoms with E-state index in [1.54, 1.807) is 0 Å². The van der Waals surface area contributed by atoms with Crippen LogP contribution in [-0.4, -0.2) is 11.4 Å². The Bertz CT molecular complexity index is 453. The highest BCUT2D eigenvalue weighted by molar-refractivity contribution is 9.10. The van der Waals surface area contributed by atoms with Crippen molar-refractivity contribution in [1.82, 2.24) is 0 Å². The maximum Gasteiger partial charge on any atom is 0.244 e. The van der Waals surface area contributed by atoms with Gasteiger partial charge in [-0.1, -0.05) is 25.3 Å². The van der Waals surface area contributed by atoms with Crippen LogP contribution in [0.5, 0.6) is 0 Å². The number of hydrogen-bond donors (Lipinski definition) is 2. The Kier molecular flexibility index (Phi) is 4.07. The van der Waals surface area contributed by atoms with Gasteiger partial charge in [-0.2, -0.15) is 0 Å². The highest BCUT2D eigenvalue weighted by Gasteiger charge is 2.35. The van der Waals surface area contributed by atoms with Crippen molar-refractivity contribution >= 4 is 27.5 Å². The first-order valence-corrected chi connectivity index (χ1v) is 7.17. The lowest BCUT2D eigenvalue weighted by Crippen LogP contribution is -2.52. The van der Waals surface area contributed by atoms with Crippen molar-refractivity contribution in [3.8, 4) is 0 Å². The van der Waals surface area contributed by atoms with Crippen molar-refractivity contribution in [2.45, 2.75) is 44.6 Å². The zero-order chi connectivity index (χ0) is 13.2. The minimum atomic E-state index is -0.693. The summed E-state index contributed by atoms with van der Waals surface area (Å²) in [6.07, 6.45) is 4.82. The largest absolute Gasteiger partial charge is 0.323 e. The highest BCUT2D eigenvalue weighted by atomic mass is 79.9. The van der Waals surface area contributed by atoms with E-state index in [2.05, 4.69) is 21.2 Å². The molecule has 0 atom stereocenters. The molecule has 4 heteroatoms. The number of halogens is 1. The molecule has 18 heavy (non-hydrogen) atoms. The van der Waals surface area contributed by atoms with E-state index in [-0.39, 0.29) is 5.91 Å². The fourth-order valence-corrected chi connectivity index (χ4v) is 2.74. The summed E-state index contributed by atoms with van der Waals surface area (Å²) in [5, 5.41) is 2.95. The van der Waals surface area contributed by atoms with E-state index in [0.717, 1.165) is 41.4 Å². The van der Waals surface area contributed by atoms with Gasteiger partial charge in [0.2, 0.25) is 5.91 Å². The molecule has 1 aromatic carbocycles. The van der Waals surface area contributed by atoms with E-state index in [4.69, 9.17) is 5.73 Å². The van der Waals surface area contributed by atoms with Crippen molar-refractivity contribution in [2.75, 3.05) is 5.32 Å². The van der Waals surface area contributed by atoms with Crippen molar-refractivity contribution in [3.05, 3.63) is 28.2 Å². The van der Waals surface area contributed by atoms with Gasteiger partial charge in [-0.15, -0.1) is 0 Å². The summed E-state index contributed by atoms with van der Waals surface area (Å²) in [5.74, 6) is -0.0616. The average molecular weight is 311 g/mol. The Labute approximate surface area is 116 Å². The number of benzene rings is 1. The monoisotopic (exact) mass is 310 g/mol. The maximum atomic E-state index is 12.3. The van der Waals surface area contributed by atoms with Gasteiger partial charge in [0.15, 0.2) is 0 Å². The molecule has 0 saturated heterocycles. The number of aryl methyl sites for hydroxylation is 1. The maximum absolute atomic E-state index is 12.3. The van der Waals surface area contributed by atoms with Gasteiger partial charge in [-0.3, -0.25) is 4.79 Å². The molecule has 3 N–H and O–H groups in total. The summed E-state index contributed by atoms with van der Waals surface area (Å²) in [4.78, 5) is 12.3. The lowest BCUT2D eigenvalue weighted by molar-refractivity contribution is -0.122. The van der Waals surface area contributed by atoms with Crippen LogP contribution in [0.3, 0.4) is 0 Å². The van der Waals surface area contributed by atoms with E-state index in [1.165, 1.54) is 6.42 Å². The van der Waals surface area contributed by atoms with Gasteiger partial charge in [-0.05, 0) is 53.4 Å². The lowest BCUT2D eigenvalue weighted by atomic mass is 9.82. The number of carbonyl (C=O) groups excluding carboxylic acids is 1. The fraction of sp³-hybridized carbons (Fsp3) is 0.500. The van der Waals surface area contributed by atoms with Crippen LogP contribution in [0.1, 0.15) is 37.7 Å². The minimum Gasteiger partial charge on any atom is -0.323 e. The van der Waals surface area contributed by atoms with Gasteiger partial charge in [0.05, 0.1) is 11.2 Å². The summed E-state index contributed by atoms with van der Waals surface area (Å²) >= 11 is 3.45. The SMILES string of the molecule is Cc1ccc(Br)c(NC(=O)C2(N)CCCCC2)c1. The number of amides is 1. The van der Waals surface area contributed by atoms with Crippen molar-refractivity contribution in [1.29, 1.82) is 0 Å². The van der Waals surface area contributed by atoms with Crippen LogP contribution in [0.15, 0.2) is 22.7 Å². The molecule has 0 heterocycles. The molecule has 1 saturated carbocycles. The van der Waals surface area contributed by atoms with E-state index in [1.807, 2.05) is 25.1 Å². The second-order valence-corrected chi connectivity index (χ2v) is 6.01. The molecule has 0 aliphatic heterocycles. The minimum absolute atomic E-state index is 0.0616. The van der Waals surface area contributed by atoms with Gasteiger partial charge >= 0.3 is 0 Å². The summed E-state index contributed by atoms with van der Waals surface area (Å²) in [5.41, 5.74) is 7.43. The van der Waals surface area contributed by atoms with Crippen molar-refractivity contribution in [3.63, 3.8) is 0 Å². The van der Waals surface area contributed by atoms with Gasteiger partial charge in [-0.25, -0.2) is 0 Å². The first-order chi connectivity index (χ1) is 8.51. The Hall–Kier alpha value is -0.870. The predicted molar refractivity (Wildman–Crippen MR) is 77.5 cm³/mol. The summed E-state index contributed by atoms with van der Waals surface area (Å²) in [6.45, 7) is 2.00. The molecular formula is C14H19BrN2O. The van der Waals surface area contributed by atoms with E-state index in [0.29, 0.717) is 0 Å². The molecule has 1 aliphatic carbocycles. The average Bonchev–Trinajstić information content (AvgIpc) is 2.35. The Morgan fingerprint density at radius 1 is 1.33 bits per heavy atom. The zero-order valence-electron chi connectivity index (χ0n) is 10.6. The number of nitrogens with two attached hydrogens (primary N) is 1. The molecule has 1 aromatic rings. The number of hydrogen-bond acceptors (Lipinski definition) is 2. The quantitative estimate of drug-likeness (QED) is 0.880. The predicted octanol–water partition coefficient (Wildman–Crippen LogP) is 3.36. The molecule has 0 aromatic heterocycles. The molecule has 1 aliphatic rings. The Morgan fingerprint density at radius 2 is 2.00 bits per heavy atom. The molecule has 1 fully saturated rings. The molecule has 2 rings (SSSR count).